The van der Waals surface area contributed by atoms with Crippen LogP contribution in [0.15, 0.2) is 0 Å². The molecular weight excluding hydrogens is 202 g/mol. The number of hydrogen-bond acceptors (Lipinski definition) is 3. The molecule has 0 saturated carbocycles. The van der Waals surface area contributed by atoms with Gasteiger partial charge in [-0.3, -0.25) is 10.1 Å². The molecule has 0 aromatic carbocycles. The lowest BCUT2D eigenvalue weighted by molar-refractivity contribution is -0.130. The Bertz CT molecular complexity index is 303. The van der Waals surface area contributed by atoms with Gasteiger partial charge in [0, 0.05) is 25.6 Å². The van der Waals surface area contributed by atoms with Gasteiger partial charge in [0.15, 0.2) is 0 Å². The van der Waals surface area contributed by atoms with E-state index in [1.54, 1.807) is 11.8 Å². The largest absolute Gasteiger partial charge is 0.343 e. The van der Waals surface area contributed by atoms with Crippen molar-refractivity contribution in [3.8, 4) is 6.07 Å². The van der Waals surface area contributed by atoms with E-state index in [1.165, 1.54) is 0 Å². The number of likely N-dealkylation sites (tertiary alicyclic amines) is 1. The molecule has 0 aliphatic carbocycles. The molecule has 1 N–H and O–H groups in total. The number of carbonyl (C=O) groups is 1. The van der Waals surface area contributed by atoms with Gasteiger partial charge in [0.1, 0.15) is 5.54 Å². The minimum atomic E-state index is -0.468. The molecule has 4 heteroatoms. The van der Waals surface area contributed by atoms with E-state index in [4.69, 9.17) is 0 Å². The van der Waals surface area contributed by atoms with E-state index in [2.05, 4.69) is 32.2 Å². The fourth-order valence-electron chi connectivity index (χ4n) is 2.19. The van der Waals surface area contributed by atoms with Crippen LogP contribution in [0.1, 0.15) is 40.5 Å². The van der Waals surface area contributed by atoms with Crippen LogP contribution in [0.3, 0.4) is 0 Å². The molecule has 90 valence electrons. The number of nitrogens with zero attached hydrogens (tertiary/aromatic N) is 2. The highest BCUT2D eigenvalue weighted by atomic mass is 16.2. The van der Waals surface area contributed by atoms with E-state index in [-0.39, 0.29) is 11.4 Å². The van der Waals surface area contributed by atoms with E-state index in [0.717, 1.165) is 0 Å². The Kier molecular flexibility index (Phi) is 3.59. The Morgan fingerprint density at radius 2 is 1.88 bits per heavy atom. The zero-order valence-electron chi connectivity index (χ0n) is 10.6. The standard InChI is InChI=1S/C12H21N3O/c1-10(16)15-7-5-12(9-13,6-8-15)14-11(2,3)4/h14H,5-8H2,1-4H3. The molecule has 1 aliphatic rings. The van der Waals surface area contributed by atoms with E-state index in [1.807, 2.05) is 0 Å². The van der Waals surface area contributed by atoms with Crippen LogP contribution in [0.2, 0.25) is 0 Å². The summed E-state index contributed by atoms with van der Waals surface area (Å²) in [5.74, 6) is 0.0994. The molecule has 0 aromatic heterocycles. The minimum absolute atomic E-state index is 0.0753. The van der Waals surface area contributed by atoms with Crippen LogP contribution >= 0.6 is 0 Å². The highest BCUT2D eigenvalue weighted by molar-refractivity contribution is 5.73. The van der Waals surface area contributed by atoms with Crippen LogP contribution in [0.25, 0.3) is 0 Å². The summed E-state index contributed by atoms with van der Waals surface area (Å²) in [7, 11) is 0. The van der Waals surface area contributed by atoms with Crippen molar-refractivity contribution in [1.82, 2.24) is 10.2 Å². The third kappa shape index (κ3) is 3.21. The Morgan fingerprint density at radius 1 is 1.38 bits per heavy atom. The Labute approximate surface area is 97.6 Å². The molecule has 0 radical (unpaired) electrons. The summed E-state index contributed by atoms with van der Waals surface area (Å²) >= 11 is 0. The molecule has 1 saturated heterocycles. The number of carbonyl (C=O) groups excluding carboxylic acids is 1. The molecule has 0 unspecified atom stereocenters. The number of rotatable bonds is 1. The number of amides is 1. The summed E-state index contributed by atoms with van der Waals surface area (Å²) in [5.41, 5.74) is -0.543. The molecule has 0 atom stereocenters. The zero-order valence-corrected chi connectivity index (χ0v) is 10.6. The number of nitriles is 1. The second-order valence-electron chi connectivity index (χ2n) is 5.57. The van der Waals surface area contributed by atoms with Crippen molar-refractivity contribution in [3.05, 3.63) is 0 Å². The molecule has 1 rings (SSSR count). The summed E-state index contributed by atoms with van der Waals surface area (Å²) < 4.78 is 0. The first kappa shape index (κ1) is 13.0. The Morgan fingerprint density at radius 3 is 2.19 bits per heavy atom. The fraction of sp³-hybridized carbons (Fsp3) is 0.833. The minimum Gasteiger partial charge on any atom is -0.343 e. The topological polar surface area (TPSA) is 56.1 Å². The van der Waals surface area contributed by atoms with Crippen LogP contribution < -0.4 is 5.32 Å². The van der Waals surface area contributed by atoms with Crippen LogP contribution in [-0.4, -0.2) is 35.0 Å². The SMILES string of the molecule is CC(=O)N1CCC(C#N)(NC(C)(C)C)CC1. The van der Waals surface area contributed by atoms with Gasteiger partial charge in [0.25, 0.3) is 0 Å². The van der Waals surface area contributed by atoms with Crippen molar-refractivity contribution in [1.29, 1.82) is 5.26 Å². The number of piperidine rings is 1. The molecule has 0 aromatic rings. The number of nitrogens with one attached hydrogen (secondary N) is 1. The molecule has 1 heterocycles. The summed E-state index contributed by atoms with van der Waals surface area (Å²) in [6, 6.07) is 2.38. The fourth-order valence-corrected chi connectivity index (χ4v) is 2.19. The average molecular weight is 223 g/mol. The molecule has 1 aliphatic heterocycles. The summed E-state index contributed by atoms with van der Waals surface area (Å²) in [6.07, 6.45) is 1.42. The van der Waals surface area contributed by atoms with Crippen molar-refractivity contribution in [2.45, 2.75) is 51.6 Å². The first-order chi connectivity index (χ1) is 7.28. The monoisotopic (exact) mass is 223 g/mol. The van der Waals surface area contributed by atoms with Gasteiger partial charge in [0.05, 0.1) is 6.07 Å². The van der Waals surface area contributed by atoms with Gasteiger partial charge in [-0.2, -0.15) is 5.26 Å². The lowest BCUT2D eigenvalue weighted by Crippen LogP contribution is -2.58. The van der Waals surface area contributed by atoms with Crippen LogP contribution in [0.5, 0.6) is 0 Å². The Balaban J connectivity index is 2.66. The highest BCUT2D eigenvalue weighted by Gasteiger charge is 2.37. The van der Waals surface area contributed by atoms with Gasteiger partial charge in [-0.05, 0) is 33.6 Å². The van der Waals surface area contributed by atoms with Gasteiger partial charge < -0.3 is 4.90 Å². The van der Waals surface area contributed by atoms with E-state index >= 15 is 0 Å². The van der Waals surface area contributed by atoms with Crippen molar-refractivity contribution in [2.24, 2.45) is 0 Å². The van der Waals surface area contributed by atoms with Crippen molar-refractivity contribution in [3.63, 3.8) is 0 Å². The van der Waals surface area contributed by atoms with Gasteiger partial charge in [-0.25, -0.2) is 0 Å². The normalized spacial score (nSPS) is 20.3. The lowest BCUT2D eigenvalue weighted by atomic mass is 9.86. The smallest absolute Gasteiger partial charge is 0.219 e. The molecule has 4 nitrogen and oxygen atoms in total. The molecule has 0 spiro atoms. The van der Waals surface area contributed by atoms with Gasteiger partial charge in [-0.1, -0.05) is 0 Å². The third-order valence-corrected chi connectivity index (χ3v) is 2.89. The van der Waals surface area contributed by atoms with Crippen molar-refractivity contribution < 1.29 is 4.79 Å². The van der Waals surface area contributed by atoms with E-state index in [9.17, 15) is 10.1 Å². The second-order valence-corrected chi connectivity index (χ2v) is 5.57. The van der Waals surface area contributed by atoms with Gasteiger partial charge >= 0.3 is 0 Å². The zero-order chi connectivity index (χ0) is 12.4. The van der Waals surface area contributed by atoms with Crippen molar-refractivity contribution >= 4 is 5.91 Å². The molecule has 16 heavy (non-hydrogen) atoms. The third-order valence-electron chi connectivity index (χ3n) is 2.89. The first-order valence-electron chi connectivity index (χ1n) is 5.74. The van der Waals surface area contributed by atoms with Crippen LogP contribution in [0.4, 0.5) is 0 Å². The summed E-state index contributed by atoms with van der Waals surface area (Å²) in [5, 5.41) is 12.7. The summed E-state index contributed by atoms with van der Waals surface area (Å²) in [4.78, 5) is 13.0. The lowest BCUT2D eigenvalue weighted by Gasteiger charge is -2.41. The molecule has 0 bridgehead atoms. The summed E-state index contributed by atoms with van der Waals surface area (Å²) in [6.45, 7) is 9.10. The quantitative estimate of drug-likeness (QED) is 0.728. The second kappa shape index (κ2) is 4.42. The number of hydrogen-bond donors (Lipinski definition) is 1. The van der Waals surface area contributed by atoms with Crippen molar-refractivity contribution in [2.75, 3.05) is 13.1 Å². The molecule has 1 fully saturated rings. The molecular formula is C12H21N3O. The van der Waals surface area contributed by atoms with E-state index < -0.39 is 5.54 Å². The maximum atomic E-state index is 11.2. The first-order valence-corrected chi connectivity index (χ1v) is 5.74. The predicted octanol–water partition coefficient (Wildman–Crippen LogP) is 1.28. The Hall–Kier alpha value is -1.08. The van der Waals surface area contributed by atoms with Crippen LogP contribution in [-0.2, 0) is 4.79 Å². The van der Waals surface area contributed by atoms with Crippen LogP contribution in [0, 0.1) is 11.3 Å². The predicted molar refractivity (Wildman–Crippen MR) is 62.7 cm³/mol. The van der Waals surface area contributed by atoms with Gasteiger partial charge in [0.2, 0.25) is 5.91 Å². The molecule has 1 amide bonds. The maximum Gasteiger partial charge on any atom is 0.219 e. The highest BCUT2D eigenvalue weighted by Crippen LogP contribution is 2.24. The average Bonchev–Trinajstić information content (AvgIpc) is 2.16. The maximum absolute atomic E-state index is 11.2. The van der Waals surface area contributed by atoms with Gasteiger partial charge in [-0.15, -0.1) is 0 Å². The van der Waals surface area contributed by atoms with E-state index in [0.29, 0.717) is 25.9 Å².